The van der Waals surface area contributed by atoms with E-state index in [0.29, 0.717) is 6.54 Å². The van der Waals surface area contributed by atoms with Crippen molar-refractivity contribution in [3.8, 4) is 0 Å². The Hall–Kier alpha value is -1.34. The first-order valence-corrected chi connectivity index (χ1v) is 5.47. The van der Waals surface area contributed by atoms with Gasteiger partial charge in [0.2, 0.25) is 0 Å². The van der Waals surface area contributed by atoms with Gasteiger partial charge in [-0.1, -0.05) is 31.2 Å². The molecule has 0 aromatic heterocycles. The first-order chi connectivity index (χ1) is 7.24. The topological polar surface area (TPSA) is 26.0 Å². The molecule has 15 heavy (non-hydrogen) atoms. The summed E-state index contributed by atoms with van der Waals surface area (Å²) in [4.78, 5) is 0. The van der Waals surface area contributed by atoms with Gasteiger partial charge in [-0.3, -0.25) is 0 Å². The molecule has 78 valence electrons. The molecule has 0 amide bonds. The van der Waals surface area contributed by atoms with Crippen molar-refractivity contribution < 1.29 is 0 Å². The largest absolute Gasteiger partial charge is 0.326 e. The summed E-state index contributed by atoms with van der Waals surface area (Å²) in [6.45, 7) is 4.93. The monoisotopic (exact) mass is 199 g/mol. The summed E-state index contributed by atoms with van der Waals surface area (Å²) in [5, 5.41) is 2.61. The van der Waals surface area contributed by atoms with Crippen molar-refractivity contribution in [3.05, 3.63) is 47.0 Å². The van der Waals surface area contributed by atoms with Crippen LogP contribution in [0, 0.1) is 6.92 Å². The van der Waals surface area contributed by atoms with Gasteiger partial charge in [0.05, 0.1) is 0 Å². The molecule has 2 N–H and O–H groups in total. The number of nitrogens with two attached hydrogens (primary N) is 1. The normalized spacial score (nSPS) is 10.9. The summed E-state index contributed by atoms with van der Waals surface area (Å²) in [5.41, 5.74) is 9.62. The van der Waals surface area contributed by atoms with Gasteiger partial charge in [-0.2, -0.15) is 0 Å². The van der Waals surface area contributed by atoms with Gasteiger partial charge in [0.15, 0.2) is 0 Å². The number of aryl methyl sites for hydroxylation is 2. The van der Waals surface area contributed by atoms with Crippen LogP contribution in [-0.4, -0.2) is 0 Å². The maximum atomic E-state index is 5.70. The molecular weight excluding hydrogens is 182 g/mol. The molecule has 0 aliphatic rings. The van der Waals surface area contributed by atoms with Crippen molar-refractivity contribution in [3.63, 3.8) is 0 Å². The zero-order valence-electron chi connectivity index (χ0n) is 9.38. The Bertz CT molecular complexity index is 486. The number of hydrogen-bond acceptors (Lipinski definition) is 1. The second kappa shape index (κ2) is 4.03. The molecule has 0 unspecified atom stereocenters. The van der Waals surface area contributed by atoms with E-state index in [-0.39, 0.29) is 0 Å². The van der Waals surface area contributed by atoms with Crippen LogP contribution in [-0.2, 0) is 13.0 Å². The van der Waals surface area contributed by atoms with E-state index in [0.717, 1.165) is 6.42 Å². The molecule has 0 aliphatic carbocycles. The predicted molar refractivity (Wildman–Crippen MR) is 66.0 cm³/mol. The second-order valence-electron chi connectivity index (χ2n) is 4.02. The molecule has 2 aromatic carbocycles. The smallest absolute Gasteiger partial charge is 0.0180 e. The maximum absolute atomic E-state index is 5.70. The summed E-state index contributed by atoms with van der Waals surface area (Å²) < 4.78 is 0. The SMILES string of the molecule is CCc1ccc2cc(CN)c(C)cc2c1. The molecule has 1 heteroatoms. The average Bonchev–Trinajstić information content (AvgIpc) is 2.27. The van der Waals surface area contributed by atoms with Crippen LogP contribution in [0.15, 0.2) is 30.3 Å². The van der Waals surface area contributed by atoms with Crippen LogP contribution in [0.4, 0.5) is 0 Å². The third kappa shape index (κ3) is 1.88. The highest BCUT2D eigenvalue weighted by molar-refractivity contribution is 5.84. The second-order valence-corrected chi connectivity index (χ2v) is 4.02. The van der Waals surface area contributed by atoms with E-state index >= 15 is 0 Å². The van der Waals surface area contributed by atoms with Crippen molar-refractivity contribution in [1.29, 1.82) is 0 Å². The first kappa shape index (κ1) is 10.2. The van der Waals surface area contributed by atoms with E-state index in [2.05, 4.69) is 44.2 Å². The molecule has 0 bridgehead atoms. The summed E-state index contributed by atoms with van der Waals surface area (Å²) in [6.07, 6.45) is 1.09. The fraction of sp³-hybridized carbons (Fsp3) is 0.286. The molecule has 2 rings (SSSR count). The first-order valence-electron chi connectivity index (χ1n) is 5.47. The van der Waals surface area contributed by atoms with Gasteiger partial charge in [-0.15, -0.1) is 0 Å². The standard InChI is InChI=1S/C14H17N/c1-3-11-4-5-12-8-14(9-15)10(2)6-13(12)7-11/h4-8H,3,9,15H2,1-2H3. The minimum Gasteiger partial charge on any atom is -0.326 e. The summed E-state index contributed by atoms with van der Waals surface area (Å²) >= 11 is 0. The van der Waals surface area contributed by atoms with Crippen molar-refractivity contribution in [1.82, 2.24) is 0 Å². The van der Waals surface area contributed by atoms with Crippen molar-refractivity contribution in [2.24, 2.45) is 5.73 Å². The van der Waals surface area contributed by atoms with E-state index in [1.165, 1.54) is 27.5 Å². The van der Waals surface area contributed by atoms with E-state index in [1.54, 1.807) is 0 Å². The lowest BCUT2D eigenvalue weighted by Gasteiger charge is -2.07. The van der Waals surface area contributed by atoms with E-state index in [4.69, 9.17) is 5.73 Å². The number of fused-ring (bicyclic) bond motifs is 1. The Morgan fingerprint density at radius 3 is 2.53 bits per heavy atom. The van der Waals surface area contributed by atoms with Gasteiger partial charge in [0, 0.05) is 6.54 Å². The molecule has 0 spiro atoms. The van der Waals surface area contributed by atoms with E-state index < -0.39 is 0 Å². The molecule has 1 nitrogen and oxygen atoms in total. The molecule has 0 fully saturated rings. The number of benzene rings is 2. The van der Waals surface area contributed by atoms with Crippen LogP contribution in [0.5, 0.6) is 0 Å². The third-order valence-corrected chi connectivity index (χ3v) is 2.99. The van der Waals surface area contributed by atoms with Gasteiger partial charge >= 0.3 is 0 Å². The van der Waals surface area contributed by atoms with Crippen molar-refractivity contribution in [2.45, 2.75) is 26.8 Å². The highest BCUT2D eigenvalue weighted by Crippen LogP contribution is 2.21. The van der Waals surface area contributed by atoms with Gasteiger partial charge in [0.25, 0.3) is 0 Å². The van der Waals surface area contributed by atoms with Gasteiger partial charge < -0.3 is 5.73 Å². The lowest BCUT2D eigenvalue weighted by atomic mass is 9.99. The lowest BCUT2D eigenvalue weighted by Crippen LogP contribution is -1.98. The molecule has 0 saturated carbocycles. The quantitative estimate of drug-likeness (QED) is 0.790. The fourth-order valence-electron chi connectivity index (χ4n) is 1.95. The van der Waals surface area contributed by atoms with Crippen LogP contribution in [0.25, 0.3) is 10.8 Å². The van der Waals surface area contributed by atoms with Crippen LogP contribution in [0.1, 0.15) is 23.6 Å². The molecule has 0 aliphatic heterocycles. The Morgan fingerprint density at radius 1 is 1.07 bits per heavy atom. The lowest BCUT2D eigenvalue weighted by molar-refractivity contribution is 1.05. The summed E-state index contributed by atoms with van der Waals surface area (Å²) in [6, 6.07) is 11.1. The molecule has 0 radical (unpaired) electrons. The van der Waals surface area contributed by atoms with E-state index in [1.807, 2.05) is 0 Å². The maximum Gasteiger partial charge on any atom is 0.0180 e. The highest BCUT2D eigenvalue weighted by Gasteiger charge is 2.00. The van der Waals surface area contributed by atoms with E-state index in [9.17, 15) is 0 Å². The van der Waals surface area contributed by atoms with Crippen LogP contribution in [0.3, 0.4) is 0 Å². The highest BCUT2D eigenvalue weighted by atomic mass is 14.5. The van der Waals surface area contributed by atoms with Gasteiger partial charge in [-0.05, 0) is 46.9 Å². The zero-order valence-corrected chi connectivity index (χ0v) is 9.38. The average molecular weight is 199 g/mol. The summed E-state index contributed by atoms with van der Waals surface area (Å²) in [7, 11) is 0. The Kier molecular flexibility index (Phi) is 2.74. The van der Waals surface area contributed by atoms with Crippen LogP contribution in [0.2, 0.25) is 0 Å². The Balaban J connectivity index is 2.65. The Labute approximate surface area is 90.9 Å². The molecular formula is C14H17N. The summed E-state index contributed by atoms with van der Waals surface area (Å²) in [5.74, 6) is 0. The van der Waals surface area contributed by atoms with Crippen molar-refractivity contribution >= 4 is 10.8 Å². The van der Waals surface area contributed by atoms with Crippen molar-refractivity contribution in [2.75, 3.05) is 0 Å². The number of hydrogen-bond donors (Lipinski definition) is 1. The molecule has 0 atom stereocenters. The molecule has 0 heterocycles. The van der Waals surface area contributed by atoms with Crippen LogP contribution >= 0.6 is 0 Å². The van der Waals surface area contributed by atoms with Crippen LogP contribution < -0.4 is 5.73 Å². The predicted octanol–water partition coefficient (Wildman–Crippen LogP) is 3.17. The molecule has 0 saturated heterocycles. The third-order valence-electron chi connectivity index (χ3n) is 2.99. The zero-order chi connectivity index (χ0) is 10.8. The Morgan fingerprint density at radius 2 is 1.87 bits per heavy atom. The van der Waals surface area contributed by atoms with Gasteiger partial charge in [-0.25, -0.2) is 0 Å². The fourth-order valence-corrected chi connectivity index (χ4v) is 1.95. The number of rotatable bonds is 2. The minimum atomic E-state index is 0.622. The molecule has 2 aromatic rings. The van der Waals surface area contributed by atoms with Gasteiger partial charge in [0.1, 0.15) is 0 Å². The minimum absolute atomic E-state index is 0.622.